The molecule has 0 saturated heterocycles. The maximum Gasteiger partial charge on any atom is 0.410 e. The molecule has 1 N–H and O–H groups in total. The molecule has 1 aliphatic carbocycles. The highest BCUT2D eigenvalue weighted by Gasteiger charge is 2.38. The monoisotopic (exact) mass is 478 g/mol. The standard InChI is InChI=1S/C16H20ClIN4O3/c1-16(2,3)25-15(23)22(4)8-5-9(6-8)24-13-11-10(18)7-19-12(11)20-14(17)21-13/h7-9H,5-6H2,1-4H3,(H,19,20,21). The van der Waals surface area contributed by atoms with E-state index in [9.17, 15) is 4.79 Å². The molecule has 1 fully saturated rings. The molecular weight excluding hydrogens is 459 g/mol. The number of halogens is 2. The summed E-state index contributed by atoms with van der Waals surface area (Å²) in [7, 11) is 1.75. The summed E-state index contributed by atoms with van der Waals surface area (Å²) >= 11 is 8.17. The molecule has 0 aromatic carbocycles. The van der Waals surface area contributed by atoms with Crippen molar-refractivity contribution >= 4 is 51.3 Å². The molecule has 25 heavy (non-hydrogen) atoms. The van der Waals surface area contributed by atoms with E-state index in [-0.39, 0.29) is 23.5 Å². The Kier molecular flexibility index (Phi) is 5.02. The average molecular weight is 479 g/mol. The summed E-state index contributed by atoms with van der Waals surface area (Å²) in [6.07, 6.45) is 2.95. The van der Waals surface area contributed by atoms with Crippen LogP contribution >= 0.6 is 34.2 Å². The number of ether oxygens (including phenoxy) is 2. The van der Waals surface area contributed by atoms with Crippen LogP contribution in [0.4, 0.5) is 4.79 Å². The summed E-state index contributed by atoms with van der Waals surface area (Å²) in [5.74, 6) is 0.476. The largest absolute Gasteiger partial charge is 0.474 e. The van der Waals surface area contributed by atoms with Gasteiger partial charge in [-0.1, -0.05) is 0 Å². The SMILES string of the molecule is CN(C(=O)OC(C)(C)C)C1CC(Oc2nc(Cl)nc3[nH]cc(I)c23)C1. The number of aromatic amines is 1. The number of amides is 1. The molecule has 0 aliphatic heterocycles. The van der Waals surface area contributed by atoms with Gasteiger partial charge in [-0.2, -0.15) is 9.97 Å². The molecular formula is C16H20ClIN4O3. The van der Waals surface area contributed by atoms with E-state index in [0.717, 1.165) is 21.8 Å². The number of H-pyrrole nitrogens is 1. The summed E-state index contributed by atoms with van der Waals surface area (Å²) in [5.41, 5.74) is 0.153. The second-order valence-corrected chi connectivity index (χ2v) is 8.61. The zero-order chi connectivity index (χ0) is 18.4. The Morgan fingerprint density at radius 1 is 1.40 bits per heavy atom. The average Bonchev–Trinajstić information content (AvgIpc) is 2.81. The molecule has 0 bridgehead atoms. The molecule has 1 saturated carbocycles. The summed E-state index contributed by atoms with van der Waals surface area (Å²) in [4.78, 5) is 25.2. The molecule has 0 radical (unpaired) electrons. The second kappa shape index (κ2) is 6.79. The molecule has 2 aromatic heterocycles. The maximum atomic E-state index is 12.1. The number of hydrogen-bond acceptors (Lipinski definition) is 5. The highest BCUT2D eigenvalue weighted by molar-refractivity contribution is 14.1. The van der Waals surface area contributed by atoms with Crippen LogP contribution in [0.2, 0.25) is 5.28 Å². The molecule has 1 amide bonds. The van der Waals surface area contributed by atoms with Crippen molar-refractivity contribution in [3.8, 4) is 5.88 Å². The third kappa shape index (κ3) is 4.11. The van der Waals surface area contributed by atoms with E-state index in [4.69, 9.17) is 21.1 Å². The predicted octanol–water partition coefficient (Wildman–Crippen LogP) is 3.99. The van der Waals surface area contributed by atoms with Crippen LogP contribution in [0.15, 0.2) is 6.20 Å². The van der Waals surface area contributed by atoms with Crippen LogP contribution < -0.4 is 4.74 Å². The lowest BCUT2D eigenvalue weighted by atomic mass is 9.88. The molecule has 0 unspecified atom stereocenters. The van der Waals surface area contributed by atoms with Gasteiger partial charge in [0.25, 0.3) is 0 Å². The summed E-state index contributed by atoms with van der Waals surface area (Å²) in [6.45, 7) is 5.57. The third-order valence-corrected chi connectivity index (χ3v) is 5.02. The first-order valence-corrected chi connectivity index (χ1v) is 9.42. The van der Waals surface area contributed by atoms with Crippen LogP contribution in [0.25, 0.3) is 11.0 Å². The van der Waals surface area contributed by atoms with E-state index < -0.39 is 5.60 Å². The van der Waals surface area contributed by atoms with Gasteiger partial charge in [-0.25, -0.2) is 4.79 Å². The van der Waals surface area contributed by atoms with E-state index in [0.29, 0.717) is 11.5 Å². The predicted molar refractivity (Wildman–Crippen MR) is 103 cm³/mol. The van der Waals surface area contributed by atoms with Crippen molar-refractivity contribution in [2.24, 2.45) is 0 Å². The number of hydrogen-bond donors (Lipinski definition) is 1. The van der Waals surface area contributed by atoms with Gasteiger partial charge in [0.2, 0.25) is 11.2 Å². The van der Waals surface area contributed by atoms with E-state index >= 15 is 0 Å². The van der Waals surface area contributed by atoms with Crippen LogP contribution in [0.5, 0.6) is 5.88 Å². The van der Waals surface area contributed by atoms with Gasteiger partial charge in [-0.05, 0) is 55.0 Å². The second-order valence-electron chi connectivity index (χ2n) is 7.11. The minimum Gasteiger partial charge on any atom is -0.474 e. The minimum absolute atomic E-state index is 0.0187. The van der Waals surface area contributed by atoms with Crippen LogP contribution in [0.1, 0.15) is 33.6 Å². The van der Waals surface area contributed by atoms with E-state index in [2.05, 4.69) is 37.5 Å². The van der Waals surface area contributed by atoms with Gasteiger partial charge < -0.3 is 19.4 Å². The number of carbonyl (C=O) groups excluding carboxylic acids is 1. The van der Waals surface area contributed by atoms with Crippen molar-refractivity contribution < 1.29 is 14.3 Å². The molecule has 3 rings (SSSR count). The van der Waals surface area contributed by atoms with Crippen LogP contribution in [0, 0.1) is 3.57 Å². The maximum absolute atomic E-state index is 12.1. The molecule has 136 valence electrons. The van der Waals surface area contributed by atoms with Gasteiger partial charge in [0.15, 0.2) is 0 Å². The van der Waals surface area contributed by atoms with Gasteiger partial charge in [0.05, 0.1) is 5.39 Å². The highest BCUT2D eigenvalue weighted by Crippen LogP contribution is 2.34. The van der Waals surface area contributed by atoms with Gasteiger partial charge in [-0.15, -0.1) is 0 Å². The van der Waals surface area contributed by atoms with Crippen molar-refractivity contribution in [1.29, 1.82) is 0 Å². The summed E-state index contributed by atoms with van der Waals surface area (Å²) in [5, 5.41) is 0.969. The molecule has 9 heteroatoms. The van der Waals surface area contributed by atoms with Crippen molar-refractivity contribution in [2.75, 3.05) is 7.05 Å². The fraction of sp³-hybridized carbons (Fsp3) is 0.562. The smallest absolute Gasteiger partial charge is 0.410 e. The molecule has 1 aliphatic rings. The Morgan fingerprint density at radius 3 is 2.72 bits per heavy atom. The minimum atomic E-state index is -0.501. The Balaban J connectivity index is 1.63. The molecule has 0 spiro atoms. The van der Waals surface area contributed by atoms with Gasteiger partial charge in [-0.3, -0.25) is 0 Å². The van der Waals surface area contributed by atoms with Crippen LogP contribution in [-0.2, 0) is 4.74 Å². The van der Waals surface area contributed by atoms with Gasteiger partial charge in [0, 0.05) is 35.7 Å². The van der Waals surface area contributed by atoms with E-state index in [1.54, 1.807) is 11.9 Å². The number of nitrogens with zero attached hydrogens (tertiary/aromatic N) is 3. The normalized spacial score (nSPS) is 20.2. The lowest BCUT2D eigenvalue weighted by Crippen LogP contribution is -2.51. The Bertz CT molecular complexity index is 799. The highest BCUT2D eigenvalue weighted by atomic mass is 127. The quantitative estimate of drug-likeness (QED) is 0.533. The number of rotatable bonds is 3. The van der Waals surface area contributed by atoms with Gasteiger partial charge >= 0.3 is 6.09 Å². The number of fused-ring (bicyclic) bond motifs is 1. The Morgan fingerprint density at radius 2 is 2.08 bits per heavy atom. The number of aromatic nitrogens is 3. The van der Waals surface area contributed by atoms with Crippen molar-refractivity contribution in [1.82, 2.24) is 19.9 Å². The lowest BCUT2D eigenvalue weighted by molar-refractivity contribution is -0.00931. The Labute approximate surface area is 164 Å². The van der Waals surface area contributed by atoms with Crippen molar-refractivity contribution in [2.45, 2.75) is 51.4 Å². The molecule has 2 heterocycles. The zero-order valence-corrected chi connectivity index (χ0v) is 17.4. The molecule has 0 atom stereocenters. The summed E-state index contributed by atoms with van der Waals surface area (Å²) < 4.78 is 12.4. The van der Waals surface area contributed by atoms with E-state index in [1.807, 2.05) is 27.0 Å². The first kappa shape index (κ1) is 18.5. The van der Waals surface area contributed by atoms with Gasteiger partial charge in [0.1, 0.15) is 17.4 Å². The first-order chi connectivity index (χ1) is 11.6. The zero-order valence-electron chi connectivity index (χ0n) is 14.5. The van der Waals surface area contributed by atoms with Crippen molar-refractivity contribution in [3.05, 3.63) is 15.1 Å². The fourth-order valence-corrected chi connectivity index (χ4v) is 3.42. The third-order valence-electron chi connectivity index (χ3n) is 4.00. The summed E-state index contributed by atoms with van der Waals surface area (Å²) in [6, 6.07) is 0.0953. The topological polar surface area (TPSA) is 80.3 Å². The Hall–Kier alpha value is -1.29. The number of nitrogens with one attached hydrogen (secondary N) is 1. The first-order valence-electron chi connectivity index (χ1n) is 7.96. The van der Waals surface area contributed by atoms with Crippen LogP contribution in [-0.4, -0.2) is 50.7 Å². The molecule has 7 nitrogen and oxygen atoms in total. The lowest BCUT2D eigenvalue weighted by Gasteiger charge is -2.40. The fourth-order valence-electron chi connectivity index (χ4n) is 2.61. The molecule has 2 aromatic rings. The van der Waals surface area contributed by atoms with Crippen LogP contribution in [0.3, 0.4) is 0 Å². The van der Waals surface area contributed by atoms with Crippen molar-refractivity contribution in [3.63, 3.8) is 0 Å². The van der Waals surface area contributed by atoms with E-state index in [1.165, 1.54) is 0 Å². The number of carbonyl (C=O) groups is 1.